The first-order chi connectivity index (χ1) is 18.1. The lowest BCUT2D eigenvalue weighted by atomic mass is 10.1. The van der Waals surface area contributed by atoms with Crippen LogP contribution in [0.4, 0.5) is 17.6 Å². The maximum Gasteiger partial charge on any atom is 0.416 e. The highest BCUT2D eigenvalue weighted by Gasteiger charge is 2.30. The molecule has 198 valence electrons. The molecule has 38 heavy (non-hydrogen) atoms. The van der Waals surface area contributed by atoms with Crippen molar-refractivity contribution in [2.75, 3.05) is 14.2 Å². The number of aromatic nitrogens is 1. The molecule has 0 unspecified atom stereocenters. The highest BCUT2D eigenvalue weighted by atomic mass is 19.4. The first-order valence-corrected chi connectivity index (χ1v) is 11.7. The first kappa shape index (κ1) is 26.8. The molecule has 0 saturated carbocycles. The van der Waals surface area contributed by atoms with E-state index >= 15 is 0 Å². The molecule has 4 aromatic rings. The van der Waals surface area contributed by atoms with Crippen LogP contribution in [0.15, 0.2) is 78.0 Å². The molecule has 0 aliphatic carbocycles. The van der Waals surface area contributed by atoms with Gasteiger partial charge in [0.2, 0.25) is 0 Å². The maximum atomic E-state index is 13.7. The molecule has 5 nitrogen and oxygen atoms in total. The summed E-state index contributed by atoms with van der Waals surface area (Å²) < 4.78 is 65.5. The molecule has 1 aromatic heterocycles. The summed E-state index contributed by atoms with van der Waals surface area (Å²) in [6.45, 7) is 3.54. The fraction of sp³-hybridized carbons (Fsp3) is 0.207. The summed E-state index contributed by atoms with van der Waals surface area (Å²) in [7, 11) is 3.11. The molecule has 1 heterocycles. The average molecular weight is 527 g/mol. The van der Waals surface area contributed by atoms with E-state index in [1.54, 1.807) is 45.4 Å². The van der Waals surface area contributed by atoms with E-state index in [1.165, 1.54) is 18.2 Å². The van der Waals surface area contributed by atoms with Gasteiger partial charge in [-0.2, -0.15) is 13.2 Å². The topological polar surface area (TPSA) is 45.0 Å². The zero-order valence-corrected chi connectivity index (χ0v) is 21.3. The predicted molar refractivity (Wildman–Crippen MR) is 137 cm³/mol. The lowest BCUT2D eigenvalue weighted by molar-refractivity contribution is -0.137. The van der Waals surface area contributed by atoms with Crippen molar-refractivity contribution < 1.29 is 31.9 Å². The molecule has 0 amide bonds. The van der Waals surface area contributed by atoms with Gasteiger partial charge in [0.05, 0.1) is 31.2 Å². The number of oxime groups is 1. The number of benzene rings is 3. The third-order valence-electron chi connectivity index (χ3n) is 6.09. The summed E-state index contributed by atoms with van der Waals surface area (Å²) >= 11 is 0. The van der Waals surface area contributed by atoms with Crippen molar-refractivity contribution in [1.29, 1.82) is 0 Å². The number of ether oxygens (including phenoxy) is 2. The Balaban J connectivity index is 1.71. The van der Waals surface area contributed by atoms with Gasteiger partial charge in [-0.05, 0) is 79.6 Å². The molecule has 0 aliphatic rings. The molecule has 0 bridgehead atoms. The number of alkyl halides is 3. The van der Waals surface area contributed by atoms with Crippen LogP contribution in [0, 0.1) is 12.7 Å². The molecule has 9 heteroatoms. The van der Waals surface area contributed by atoms with E-state index in [0.717, 1.165) is 40.3 Å². The van der Waals surface area contributed by atoms with Gasteiger partial charge in [-0.1, -0.05) is 17.3 Å². The van der Waals surface area contributed by atoms with Crippen LogP contribution in [0.1, 0.15) is 29.3 Å². The van der Waals surface area contributed by atoms with Crippen LogP contribution in [-0.4, -0.2) is 24.5 Å². The average Bonchev–Trinajstić information content (AvgIpc) is 3.25. The maximum absolute atomic E-state index is 13.7. The third-order valence-corrected chi connectivity index (χ3v) is 6.09. The summed E-state index contributed by atoms with van der Waals surface area (Å²) in [5.74, 6) is 0.764. The van der Waals surface area contributed by atoms with Gasteiger partial charge >= 0.3 is 6.18 Å². The van der Waals surface area contributed by atoms with Gasteiger partial charge in [-0.15, -0.1) is 0 Å². The minimum atomic E-state index is -4.43. The van der Waals surface area contributed by atoms with Crippen molar-refractivity contribution in [1.82, 2.24) is 4.57 Å². The van der Waals surface area contributed by atoms with Crippen molar-refractivity contribution in [3.05, 3.63) is 101 Å². The molecule has 0 saturated heterocycles. The lowest BCUT2D eigenvalue weighted by Crippen LogP contribution is -2.05. The Labute approximate surface area is 217 Å². The Morgan fingerprint density at radius 3 is 2.26 bits per heavy atom. The highest BCUT2D eigenvalue weighted by Crippen LogP contribution is 2.35. The van der Waals surface area contributed by atoms with Crippen LogP contribution >= 0.6 is 0 Å². The van der Waals surface area contributed by atoms with Crippen molar-refractivity contribution in [3.8, 4) is 28.4 Å². The van der Waals surface area contributed by atoms with Crippen LogP contribution < -0.4 is 9.47 Å². The van der Waals surface area contributed by atoms with E-state index in [2.05, 4.69) is 5.16 Å². The number of hydrogen-bond acceptors (Lipinski definition) is 4. The SMILES string of the molecule is COc1ccc(-n2c(-c3ccc(F)cc3)cc(/C(C)=N\OCc3cccc(C(F)(F)F)c3)c2C)cc1OC. The van der Waals surface area contributed by atoms with Gasteiger partial charge in [-0.25, -0.2) is 4.39 Å². The molecule has 4 rings (SSSR count). The standard InChI is InChI=1S/C29H26F4N2O3/c1-18(34-38-17-20-6-5-7-22(14-20)29(31,32)33)25-16-26(21-8-10-23(30)11-9-21)35(19(25)2)24-12-13-27(36-3)28(15-24)37-4/h5-16H,17H2,1-4H3/b34-18-. The van der Waals surface area contributed by atoms with Crippen LogP contribution in [0.25, 0.3) is 16.9 Å². The van der Waals surface area contributed by atoms with Gasteiger partial charge in [0.15, 0.2) is 11.5 Å². The molecule has 0 aliphatic heterocycles. The van der Waals surface area contributed by atoms with E-state index in [1.807, 2.05) is 29.7 Å². The zero-order chi connectivity index (χ0) is 27.4. The summed E-state index contributed by atoms with van der Waals surface area (Å²) in [6.07, 6.45) is -4.43. The van der Waals surface area contributed by atoms with Crippen LogP contribution in [0.2, 0.25) is 0 Å². The van der Waals surface area contributed by atoms with Crippen molar-refractivity contribution in [3.63, 3.8) is 0 Å². The van der Waals surface area contributed by atoms with Crippen LogP contribution in [-0.2, 0) is 17.6 Å². The number of methoxy groups -OCH3 is 2. The van der Waals surface area contributed by atoms with Crippen molar-refractivity contribution in [2.45, 2.75) is 26.6 Å². The summed E-state index contributed by atoms with van der Waals surface area (Å²) in [5.41, 5.74) is 4.03. The Hall–Kier alpha value is -4.27. The molecule has 3 aromatic carbocycles. The second kappa shape index (κ2) is 11.0. The van der Waals surface area contributed by atoms with E-state index in [-0.39, 0.29) is 12.4 Å². The zero-order valence-electron chi connectivity index (χ0n) is 21.3. The van der Waals surface area contributed by atoms with Gasteiger partial charge in [-0.3, -0.25) is 0 Å². The molecular weight excluding hydrogens is 500 g/mol. The van der Waals surface area contributed by atoms with Crippen LogP contribution in [0.5, 0.6) is 11.5 Å². The van der Waals surface area contributed by atoms with Gasteiger partial charge < -0.3 is 18.9 Å². The highest BCUT2D eigenvalue weighted by molar-refractivity contribution is 6.01. The Bertz CT molecular complexity index is 1460. The Morgan fingerprint density at radius 1 is 0.895 bits per heavy atom. The first-order valence-electron chi connectivity index (χ1n) is 11.7. The number of rotatable bonds is 8. The number of nitrogens with zero attached hydrogens (tertiary/aromatic N) is 2. The van der Waals surface area contributed by atoms with Gasteiger partial charge in [0, 0.05) is 23.0 Å². The number of hydrogen-bond donors (Lipinski definition) is 0. The Kier molecular flexibility index (Phi) is 7.75. The van der Waals surface area contributed by atoms with Gasteiger partial charge in [0.25, 0.3) is 0 Å². The van der Waals surface area contributed by atoms with E-state index in [0.29, 0.717) is 22.8 Å². The molecule has 0 fully saturated rings. The second-order valence-electron chi connectivity index (χ2n) is 8.56. The quantitative estimate of drug-likeness (QED) is 0.135. The van der Waals surface area contributed by atoms with E-state index in [4.69, 9.17) is 14.3 Å². The Morgan fingerprint density at radius 2 is 1.61 bits per heavy atom. The fourth-order valence-electron chi connectivity index (χ4n) is 4.19. The van der Waals surface area contributed by atoms with E-state index < -0.39 is 11.7 Å². The largest absolute Gasteiger partial charge is 0.493 e. The third kappa shape index (κ3) is 5.66. The molecular formula is C29H26F4N2O3. The molecule has 0 N–H and O–H groups in total. The predicted octanol–water partition coefficient (Wildman–Crippen LogP) is 7.57. The molecule has 0 spiro atoms. The fourth-order valence-corrected chi connectivity index (χ4v) is 4.19. The summed E-state index contributed by atoms with van der Waals surface area (Å²) in [5, 5.41) is 4.18. The summed E-state index contributed by atoms with van der Waals surface area (Å²) in [6, 6.07) is 18.5. The van der Waals surface area contributed by atoms with Crippen molar-refractivity contribution >= 4 is 5.71 Å². The minimum absolute atomic E-state index is 0.123. The normalized spacial score (nSPS) is 11.9. The smallest absolute Gasteiger partial charge is 0.416 e. The van der Waals surface area contributed by atoms with Crippen LogP contribution in [0.3, 0.4) is 0 Å². The molecule has 0 atom stereocenters. The van der Waals surface area contributed by atoms with Crippen molar-refractivity contribution in [2.24, 2.45) is 5.16 Å². The summed E-state index contributed by atoms with van der Waals surface area (Å²) in [4.78, 5) is 5.43. The second-order valence-corrected chi connectivity index (χ2v) is 8.56. The molecule has 0 radical (unpaired) electrons. The lowest BCUT2D eigenvalue weighted by Gasteiger charge is -2.15. The monoisotopic (exact) mass is 526 g/mol. The minimum Gasteiger partial charge on any atom is -0.493 e. The number of halogens is 4. The van der Waals surface area contributed by atoms with E-state index in [9.17, 15) is 17.6 Å². The van der Waals surface area contributed by atoms with Gasteiger partial charge in [0.1, 0.15) is 12.4 Å².